The van der Waals surface area contributed by atoms with Gasteiger partial charge in [0.25, 0.3) is 0 Å². The van der Waals surface area contributed by atoms with E-state index in [1.165, 1.54) is 10.9 Å². The van der Waals surface area contributed by atoms with Crippen LogP contribution in [0.1, 0.15) is 11.4 Å². The number of hydrogen-bond acceptors (Lipinski definition) is 3. The largest absolute Gasteiger partial charge is 0.309 e. The molecule has 0 N–H and O–H groups in total. The number of nitrogens with zero attached hydrogens (tertiary/aromatic N) is 4. The lowest BCUT2D eigenvalue weighted by Gasteiger charge is -1.93. The van der Waals surface area contributed by atoms with E-state index in [2.05, 4.69) is 10.9 Å². The van der Waals surface area contributed by atoms with Crippen molar-refractivity contribution >= 4 is 0 Å². The van der Waals surface area contributed by atoms with Gasteiger partial charge in [0.2, 0.25) is 0 Å². The van der Waals surface area contributed by atoms with Crippen LogP contribution in [0.4, 0.5) is 0 Å². The minimum absolute atomic E-state index is 0.118. The molecule has 1 aromatic heterocycles. The van der Waals surface area contributed by atoms with Gasteiger partial charge in [0.1, 0.15) is 12.1 Å². The van der Waals surface area contributed by atoms with Crippen molar-refractivity contribution in [3.8, 4) is 24.5 Å². The van der Waals surface area contributed by atoms with Crippen molar-refractivity contribution in [2.24, 2.45) is 0 Å². The van der Waals surface area contributed by atoms with Gasteiger partial charge in [-0.1, -0.05) is 5.92 Å². The summed E-state index contributed by atoms with van der Waals surface area (Å²) in [6, 6.07) is 3.66. The fourth-order valence-corrected chi connectivity index (χ4v) is 0.800. The van der Waals surface area contributed by atoms with Crippen molar-refractivity contribution in [1.29, 1.82) is 10.5 Å². The summed E-state index contributed by atoms with van der Waals surface area (Å²) < 4.78 is 1.46. The number of aromatic nitrogens is 2. The van der Waals surface area contributed by atoms with Crippen molar-refractivity contribution in [1.82, 2.24) is 9.55 Å². The van der Waals surface area contributed by atoms with Gasteiger partial charge in [0, 0.05) is 0 Å². The van der Waals surface area contributed by atoms with E-state index in [9.17, 15) is 0 Å². The molecule has 1 heterocycles. The molecule has 0 radical (unpaired) electrons. The second-order valence-electron chi connectivity index (χ2n) is 2.00. The van der Waals surface area contributed by atoms with Crippen LogP contribution >= 0.6 is 0 Å². The summed E-state index contributed by atoms with van der Waals surface area (Å²) in [6.45, 7) is 0.261. The third-order valence-corrected chi connectivity index (χ3v) is 1.31. The van der Waals surface area contributed by atoms with Crippen molar-refractivity contribution in [3.05, 3.63) is 17.7 Å². The van der Waals surface area contributed by atoms with Crippen LogP contribution in [-0.4, -0.2) is 9.55 Å². The number of nitriles is 2. The van der Waals surface area contributed by atoms with Gasteiger partial charge in [-0.25, -0.2) is 4.98 Å². The zero-order valence-electron chi connectivity index (χ0n) is 6.15. The van der Waals surface area contributed by atoms with Gasteiger partial charge >= 0.3 is 0 Å². The van der Waals surface area contributed by atoms with Crippen molar-refractivity contribution in [3.63, 3.8) is 0 Å². The summed E-state index contributed by atoms with van der Waals surface area (Å²) in [5.74, 6) is 2.36. The fourth-order valence-electron chi connectivity index (χ4n) is 0.800. The Hall–Kier alpha value is -2.25. The van der Waals surface area contributed by atoms with Gasteiger partial charge in [-0.05, 0) is 0 Å². The molecule has 0 aromatic carbocycles. The second kappa shape index (κ2) is 3.23. The Morgan fingerprint density at radius 1 is 1.50 bits per heavy atom. The first kappa shape index (κ1) is 7.85. The van der Waals surface area contributed by atoms with Gasteiger partial charge in [-0.15, -0.1) is 6.42 Å². The SMILES string of the molecule is C#CCn1cnc(C#N)c1C#N. The minimum atomic E-state index is 0.118. The van der Waals surface area contributed by atoms with Crippen molar-refractivity contribution in [2.75, 3.05) is 0 Å². The van der Waals surface area contributed by atoms with Crippen molar-refractivity contribution in [2.45, 2.75) is 6.54 Å². The first-order valence-corrected chi connectivity index (χ1v) is 3.12. The lowest BCUT2D eigenvalue weighted by atomic mass is 10.3. The molecule has 0 atom stereocenters. The molecule has 56 valence electrons. The van der Waals surface area contributed by atoms with Crippen molar-refractivity contribution < 1.29 is 0 Å². The Kier molecular flexibility index (Phi) is 2.12. The Labute approximate surface area is 69.7 Å². The molecule has 0 fully saturated rings. The zero-order valence-corrected chi connectivity index (χ0v) is 6.15. The topological polar surface area (TPSA) is 65.4 Å². The van der Waals surface area contributed by atoms with E-state index >= 15 is 0 Å². The molecule has 0 aliphatic heterocycles. The Morgan fingerprint density at radius 3 is 2.75 bits per heavy atom. The molecule has 0 spiro atoms. The van der Waals surface area contributed by atoms with Gasteiger partial charge < -0.3 is 4.57 Å². The average molecular weight is 156 g/mol. The summed E-state index contributed by atoms with van der Waals surface area (Å²) in [5, 5.41) is 17.1. The summed E-state index contributed by atoms with van der Waals surface area (Å²) in [6.07, 6.45) is 6.43. The highest BCUT2D eigenvalue weighted by Gasteiger charge is 2.07. The summed E-state index contributed by atoms with van der Waals surface area (Å²) in [7, 11) is 0. The smallest absolute Gasteiger partial charge is 0.176 e. The van der Waals surface area contributed by atoms with Crippen LogP contribution in [0.15, 0.2) is 6.33 Å². The number of hydrogen-bond donors (Lipinski definition) is 0. The minimum Gasteiger partial charge on any atom is -0.309 e. The quantitative estimate of drug-likeness (QED) is 0.548. The summed E-state index contributed by atoms with van der Waals surface area (Å²) in [4.78, 5) is 3.71. The highest BCUT2D eigenvalue weighted by atomic mass is 15.0. The van der Waals surface area contributed by atoms with Gasteiger partial charge in [-0.3, -0.25) is 0 Å². The third kappa shape index (κ3) is 1.12. The highest BCUT2D eigenvalue weighted by Crippen LogP contribution is 2.03. The highest BCUT2D eigenvalue weighted by molar-refractivity contribution is 5.36. The second-order valence-corrected chi connectivity index (χ2v) is 2.00. The van der Waals surface area contributed by atoms with Crippen LogP contribution in [0.2, 0.25) is 0 Å². The molecule has 0 saturated heterocycles. The molecule has 0 aliphatic rings. The van der Waals surface area contributed by atoms with Crippen LogP contribution < -0.4 is 0 Å². The molecule has 12 heavy (non-hydrogen) atoms. The average Bonchev–Trinajstić information content (AvgIpc) is 2.47. The molecule has 1 aromatic rings. The van der Waals surface area contributed by atoms with Crippen LogP contribution in [0.3, 0.4) is 0 Å². The summed E-state index contributed by atoms with van der Waals surface area (Å²) >= 11 is 0. The van der Waals surface area contributed by atoms with Crippen LogP contribution in [0.5, 0.6) is 0 Å². The van der Waals surface area contributed by atoms with E-state index in [-0.39, 0.29) is 17.9 Å². The van der Waals surface area contributed by atoms with E-state index in [1.54, 1.807) is 6.07 Å². The van der Waals surface area contributed by atoms with Crippen LogP contribution in [-0.2, 0) is 6.54 Å². The van der Waals surface area contributed by atoms with E-state index in [0.29, 0.717) is 0 Å². The standard InChI is InChI=1S/C8H4N4/c1-2-3-12-6-11-7(4-9)8(12)5-10/h1,6H,3H2. The molecule has 0 amide bonds. The Balaban J connectivity index is 3.20. The molecule has 0 saturated carbocycles. The summed E-state index contributed by atoms with van der Waals surface area (Å²) in [5.41, 5.74) is 0.336. The lowest BCUT2D eigenvalue weighted by Crippen LogP contribution is -1.97. The normalized spacial score (nSPS) is 8.08. The number of imidazole rings is 1. The van der Waals surface area contributed by atoms with E-state index in [1.807, 2.05) is 6.07 Å². The van der Waals surface area contributed by atoms with Crippen LogP contribution in [0.25, 0.3) is 0 Å². The predicted octanol–water partition coefficient (Wildman–Crippen LogP) is 0.260. The van der Waals surface area contributed by atoms with Gasteiger partial charge in [0.15, 0.2) is 11.4 Å². The third-order valence-electron chi connectivity index (χ3n) is 1.31. The monoisotopic (exact) mass is 156 g/mol. The molecule has 0 bridgehead atoms. The molecule has 0 aliphatic carbocycles. The van der Waals surface area contributed by atoms with E-state index in [0.717, 1.165) is 0 Å². The first-order chi connectivity index (χ1) is 5.83. The molecular formula is C8H4N4. The maximum absolute atomic E-state index is 8.62. The number of terminal acetylenes is 1. The lowest BCUT2D eigenvalue weighted by molar-refractivity contribution is 0.826. The molecule has 4 nitrogen and oxygen atoms in total. The molecule has 0 unspecified atom stereocenters. The molecular weight excluding hydrogens is 152 g/mol. The maximum atomic E-state index is 8.62. The first-order valence-electron chi connectivity index (χ1n) is 3.12. The Morgan fingerprint density at radius 2 is 2.25 bits per heavy atom. The van der Waals surface area contributed by atoms with Crippen LogP contribution in [0, 0.1) is 35.0 Å². The zero-order chi connectivity index (χ0) is 8.97. The fraction of sp³-hybridized carbons (Fsp3) is 0.125. The van der Waals surface area contributed by atoms with E-state index < -0.39 is 0 Å². The molecule has 4 heteroatoms. The van der Waals surface area contributed by atoms with E-state index in [4.69, 9.17) is 16.9 Å². The van der Waals surface area contributed by atoms with Gasteiger partial charge in [-0.2, -0.15) is 10.5 Å². The predicted molar refractivity (Wildman–Crippen MR) is 40.5 cm³/mol. The Bertz CT molecular complexity index is 408. The molecule has 1 rings (SSSR count). The maximum Gasteiger partial charge on any atom is 0.176 e. The number of rotatable bonds is 1. The van der Waals surface area contributed by atoms with Gasteiger partial charge in [0.05, 0.1) is 12.9 Å².